The summed E-state index contributed by atoms with van der Waals surface area (Å²) >= 11 is 0. The lowest BCUT2D eigenvalue weighted by atomic mass is 10.1. The second-order valence-electron chi connectivity index (χ2n) is 5.58. The first-order chi connectivity index (χ1) is 11.8. The molecule has 0 saturated heterocycles. The molecule has 0 aliphatic heterocycles. The highest BCUT2D eigenvalue weighted by Gasteiger charge is 2.32. The highest BCUT2D eigenvalue weighted by Crippen LogP contribution is 2.29. The minimum absolute atomic E-state index is 0.131. The molecule has 0 spiro atoms. The molecule has 1 aromatic carbocycles. The maximum absolute atomic E-state index is 13.0. The first kappa shape index (κ1) is 18.7. The molecule has 134 valence electrons. The molecule has 0 bridgehead atoms. The van der Waals surface area contributed by atoms with Crippen LogP contribution in [0, 0.1) is 13.8 Å². The summed E-state index contributed by atoms with van der Waals surface area (Å²) in [7, 11) is -2.51. The third kappa shape index (κ3) is 4.08. The van der Waals surface area contributed by atoms with Gasteiger partial charge in [0.05, 0.1) is 11.2 Å². The van der Waals surface area contributed by atoms with Crippen molar-refractivity contribution in [3.63, 3.8) is 0 Å². The quantitative estimate of drug-likeness (QED) is 0.778. The van der Waals surface area contributed by atoms with E-state index in [0.29, 0.717) is 0 Å². The van der Waals surface area contributed by atoms with Gasteiger partial charge in [0.2, 0.25) is 0 Å². The maximum atomic E-state index is 13.0. The van der Waals surface area contributed by atoms with Crippen molar-refractivity contribution < 1.29 is 22.4 Å². The van der Waals surface area contributed by atoms with E-state index in [1.807, 2.05) is 13.8 Å². The van der Waals surface area contributed by atoms with Gasteiger partial charge in [-0.1, -0.05) is 6.07 Å². The Balaban J connectivity index is 2.36. The number of hydrogen-bond acceptors (Lipinski definition) is 5. The first-order valence-electron chi connectivity index (χ1n) is 7.62. The lowest BCUT2D eigenvalue weighted by Crippen LogP contribution is -2.40. The van der Waals surface area contributed by atoms with E-state index in [9.17, 15) is 18.0 Å². The molecular weight excluding hydrogens is 344 g/mol. The minimum Gasteiger partial charge on any atom is -0.468 e. The summed E-state index contributed by atoms with van der Waals surface area (Å²) in [6.07, 6.45) is 1.36. The highest BCUT2D eigenvalue weighted by molar-refractivity contribution is 7.91. The third-order valence-electron chi connectivity index (χ3n) is 3.92. The molecule has 1 atom stereocenters. The fourth-order valence-corrected chi connectivity index (χ4v) is 3.94. The van der Waals surface area contributed by atoms with Gasteiger partial charge in [-0.15, -0.1) is 0 Å². The molecular formula is C17H20N2O5S. The van der Waals surface area contributed by atoms with Crippen LogP contribution in [0.3, 0.4) is 0 Å². The number of rotatable bonds is 5. The van der Waals surface area contributed by atoms with Crippen LogP contribution in [0.4, 0.5) is 0 Å². The van der Waals surface area contributed by atoms with Crippen LogP contribution in [0.25, 0.3) is 0 Å². The fourth-order valence-electron chi connectivity index (χ4n) is 2.27. The van der Waals surface area contributed by atoms with Gasteiger partial charge in [-0.3, -0.25) is 9.59 Å². The normalized spacial score (nSPS) is 12.4. The first-order valence-corrected chi connectivity index (χ1v) is 9.16. The molecule has 2 N–H and O–H groups in total. The Hall–Kier alpha value is -2.61. The average molecular weight is 364 g/mol. The molecule has 25 heavy (non-hydrogen) atoms. The van der Waals surface area contributed by atoms with Crippen LogP contribution >= 0.6 is 0 Å². The van der Waals surface area contributed by atoms with E-state index in [1.165, 1.54) is 25.4 Å². The van der Waals surface area contributed by atoms with Crippen LogP contribution in [0.2, 0.25) is 0 Å². The molecule has 2 amide bonds. The molecule has 7 nitrogen and oxygen atoms in total. The zero-order chi connectivity index (χ0) is 18.6. The molecule has 0 aliphatic carbocycles. The van der Waals surface area contributed by atoms with Gasteiger partial charge in [-0.25, -0.2) is 8.42 Å². The number of furan rings is 1. The number of amides is 2. The predicted octanol–water partition coefficient (Wildman–Crippen LogP) is 1.27. The second-order valence-corrected chi connectivity index (χ2v) is 7.71. The molecule has 0 unspecified atom stereocenters. The van der Waals surface area contributed by atoms with Crippen LogP contribution in [0.15, 0.2) is 45.9 Å². The van der Waals surface area contributed by atoms with Gasteiger partial charge in [0, 0.05) is 13.6 Å². The molecule has 0 saturated carbocycles. The van der Waals surface area contributed by atoms with Gasteiger partial charge < -0.3 is 15.1 Å². The summed E-state index contributed by atoms with van der Waals surface area (Å²) in [5.74, 6) is -1.56. The van der Waals surface area contributed by atoms with Crippen molar-refractivity contribution in [1.82, 2.24) is 10.6 Å². The summed E-state index contributed by atoms with van der Waals surface area (Å²) in [6, 6.07) is 7.92. The Kier molecular flexibility index (Phi) is 5.63. The van der Waals surface area contributed by atoms with Gasteiger partial charge in [0.25, 0.3) is 0 Å². The van der Waals surface area contributed by atoms with Crippen molar-refractivity contribution in [3.8, 4) is 0 Å². The number of likely N-dealkylation sites (N-methyl/N-ethyl adjacent to an activating group) is 1. The Morgan fingerprint density at radius 2 is 1.84 bits per heavy atom. The lowest BCUT2D eigenvalue weighted by molar-refractivity contribution is -0.138. The van der Waals surface area contributed by atoms with Crippen molar-refractivity contribution in [2.45, 2.75) is 24.0 Å². The number of carbonyl (C=O) groups is 2. The topological polar surface area (TPSA) is 105 Å². The smallest absolute Gasteiger partial charge is 0.309 e. The Morgan fingerprint density at radius 3 is 2.40 bits per heavy atom. The number of nitrogens with one attached hydrogen (secondary N) is 2. The fraction of sp³-hybridized carbons (Fsp3) is 0.294. The molecule has 2 rings (SSSR count). The monoisotopic (exact) mass is 364 g/mol. The number of benzene rings is 1. The number of carbonyl (C=O) groups excluding carboxylic acids is 2. The maximum Gasteiger partial charge on any atom is 0.309 e. The van der Waals surface area contributed by atoms with E-state index >= 15 is 0 Å². The highest BCUT2D eigenvalue weighted by atomic mass is 32.2. The standard InChI is InChI=1S/C17H20N2O5S/c1-11-6-7-13(9-12(11)2)25(22,23)15(14-5-4-8-24-14)10-19-17(21)16(20)18-3/h4-9,15H,10H2,1-3H3,(H,18,20)(H,19,21)/t15-/m0/s1. The number of sulfone groups is 1. The van der Waals surface area contributed by atoms with Gasteiger partial charge in [0.1, 0.15) is 11.0 Å². The molecule has 1 aromatic heterocycles. The summed E-state index contributed by atoms with van der Waals surface area (Å²) < 4.78 is 31.3. The summed E-state index contributed by atoms with van der Waals surface area (Å²) in [4.78, 5) is 23.1. The van der Waals surface area contributed by atoms with Crippen molar-refractivity contribution >= 4 is 21.7 Å². The largest absolute Gasteiger partial charge is 0.468 e. The minimum atomic E-state index is -3.83. The molecule has 0 radical (unpaired) electrons. The van der Waals surface area contributed by atoms with Crippen molar-refractivity contribution in [2.24, 2.45) is 0 Å². The van der Waals surface area contributed by atoms with E-state index in [1.54, 1.807) is 18.2 Å². The van der Waals surface area contributed by atoms with E-state index in [0.717, 1.165) is 11.1 Å². The van der Waals surface area contributed by atoms with Crippen LogP contribution < -0.4 is 10.6 Å². The van der Waals surface area contributed by atoms with Gasteiger partial charge in [0.15, 0.2) is 9.84 Å². The second kappa shape index (κ2) is 7.52. The van der Waals surface area contributed by atoms with Crippen LogP contribution in [0.5, 0.6) is 0 Å². The number of hydrogen-bond donors (Lipinski definition) is 2. The molecule has 8 heteroatoms. The van der Waals surface area contributed by atoms with Gasteiger partial charge in [-0.05, 0) is 49.2 Å². The Bertz CT molecular complexity index is 872. The van der Waals surface area contributed by atoms with E-state index in [4.69, 9.17) is 4.42 Å². The van der Waals surface area contributed by atoms with Crippen LogP contribution in [-0.4, -0.2) is 33.8 Å². The lowest BCUT2D eigenvalue weighted by Gasteiger charge is -2.17. The van der Waals surface area contributed by atoms with E-state index < -0.39 is 26.9 Å². The van der Waals surface area contributed by atoms with Gasteiger partial charge >= 0.3 is 11.8 Å². The molecule has 0 aliphatic rings. The van der Waals surface area contributed by atoms with Crippen molar-refractivity contribution in [2.75, 3.05) is 13.6 Å². The molecule has 0 fully saturated rings. The average Bonchev–Trinajstić information content (AvgIpc) is 3.10. The Labute approximate surface area is 146 Å². The third-order valence-corrected chi connectivity index (χ3v) is 5.98. The predicted molar refractivity (Wildman–Crippen MR) is 91.6 cm³/mol. The number of aryl methyl sites for hydroxylation is 2. The Morgan fingerprint density at radius 1 is 1.12 bits per heavy atom. The zero-order valence-electron chi connectivity index (χ0n) is 14.2. The summed E-state index contributed by atoms with van der Waals surface area (Å²) in [5, 5.41) is 3.38. The molecule has 2 aromatic rings. The van der Waals surface area contributed by atoms with Crippen LogP contribution in [-0.2, 0) is 19.4 Å². The van der Waals surface area contributed by atoms with E-state index in [2.05, 4.69) is 10.6 Å². The summed E-state index contributed by atoms with van der Waals surface area (Å²) in [5.41, 5.74) is 1.81. The summed E-state index contributed by atoms with van der Waals surface area (Å²) in [6.45, 7) is 3.43. The van der Waals surface area contributed by atoms with E-state index in [-0.39, 0.29) is 17.2 Å². The molecule has 1 heterocycles. The van der Waals surface area contributed by atoms with Gasteiger partial charge in [-0.2, -0.15) is 0 Å². The van der Waals surface area contributed by atoms with Crippen LogP contribution in [0.1, 0.15) is 22.1 Å². The van der Waals surface area contributed by atoms with Crippen molar-refractivity contribution in [1.29, 1.82) is 0 Å². The van der Waals surface area contributed by atoms with Crippen molar-refractivity contribution in [3.05, 3.63) is 53.5 Å². The zero-order valence-corrected chi connectivity index (χ0v) is 15.0. The SMILES string of the molecule is CNC(=O)C(=O)NC[C@@H](c1ccco1)S(=O)(=O)c1ccc(C)c(C)c1.